The molecule has 1 N–H and O–H groups in total. The summed E-state index contributed by atoms with van der Waals surface area (Å²) in [6.07, 6.45) is 5.34. The van der Waals surface area contributed by atoms with Gasteiger partial charge in [0, 0.05) is 6.42 Å². The minimum atomic E-state index is 0.910. The molecule has 0 aliphatic heterocycles. The van der Waals surface area contributed by atoms with Crippen LogP contribution in [-0.4, -0.2) is 9.97 Å². The van der Waals surface area contributed by atoms with Crippen LogP contribution in [0.4, 0.5) is 0 Å². The molecule has 0 saturated carbocycles. The third kappa shape index (κ3) is 2.54. The number of pyridine rings is 1. The van der Waals surface area contributed by atoms with Crippen LogP contribution in [-0.2, 0) is 6.54 Å². The van der Waals surface area contributed by atoms with Gasteiger partial charge in [0.25, 0.3) is 0 Å². The lowest BCUT2D eigenvalue weighted by Crippen LogP contribution is -2.32. The van der Waals surface area contributed by atoms with Crippen molar-refractivity contribution in [3.63, 3.8) is 0 Å². The molecule has 0 radical (unpaired) electrons. The number of aromatic nitrogens is 3. The Kier molecular flexibility index (Phi) is 3.34. The van der Waals surface area contributed by atoms with Crippen LogP contribution < -0.4 is 4.57 Å². The number of halogens is 1. The normalized spacial score (nSPS) is 11.1. The lowest BCUT2D eigenvalue weighted by molar-refractivity contribution is -0.697. The SMILES string of the molecule is CCC[n+]1cc(Br)cc(-c2nc3ccccc3[nH]2)c1. The highest BCUT2D eigenvalue weighted by molar-refractivity contribution is 9.10. The van der Waals surface area contributed by atoms with Gasteiger partial charge in [-0.15, -0.1) is 0 Å². The molecular formula is C15H15BrN3+. The van der Waals surface area contributed by atoms with Crippen molar-refractivity contribution in [3.8, 4) is 11.4 Å². The van der Waals surface area contributed by atoms with E-state index in [0.717, 1.165) is 39.9 Å². The first kappa shape index (κ1) is 12.4. The van der Waals surface area contributed by atoms with E-state index in [9.17, 15) is 0 Å². The molecule has 0 aliphatic carbocycles. The van der Waals surface area contributed by atoms with Crippen LogP contribution in [0.5, 0.6) is 0 Å². The predicted molar refractivity (Wildman–Crippen MR) is 79.7 cm³/mol. The molecule has 2 aromatic heterocycles. The van der Waals surface area contributed by atoms with E-state index in [2.05, 4.69) is 55.8 Å². The molecule has 4 heteroatoms. The maximum absolute atomic E-state index is 4.64. The zero-order chi connectivity index (χ0) is 13.2. The molecule has 3 nitrogen and oxygen atoms in total. The molecule has 0 bridgehead atoms. The molecule has 96 valence electrons. The third-order valence-corrected chi connectivity index (χ3v) is 3.47. The molecule has 2 heterocycles. The van der Waals surface area contributed by atoms with E-state index in [4.69, 9.17) is 0 Å². The molecule has 0 unspecified atom stereocenters. The van der Waals surface area contributed by atoms with Gasteiger partial charge in [-0.25, -0.2) is 9.55 Å². The molecular weight excluding hydrogens is 302 g/mol. The van der Waals surface area contributed by atoms with Crippen LogP contribution in [0, 0.1) is 0 Å². The number of H-pyrrole nitrogens is 1. The molecule has 3 rings (SSSR count). The Labute approximate surface area is 120 Å². The van der Waals surface area contributed by atoms with Crippen LogP contribution in [0.15, 0.2) is 47.2 Å². The van der Waals surface area contributed by atoms with E-state index >= 15 is 0 Å². The van der Waals surface area contributed by atoms with E-state index in [0.29, 0.717) is 0 Å². The van der Waals surface area contributed by atoms with E-state index in [1.807, 2.05) is 24.3 Å². The van der Waals surface area contributed by atoms with Gasteiger partial charge in [0.1, 0.15) is 12.4 Å². The number of para-hydroxylation sites is 2. The van der Waals surface area contributed by atoms with E-state index in [1.54, 1.807) is 0 Å². The van der Waals surface area contributed by atoms with Crippen LogP contribution in [0.2, 0.25) is 0 Å². The predicted octanol–water partition coefficient (Wildman–Crippen LogP) is 3.69. The summed E-state index contributed by atoms with van der Waals surface area (Å²) in [5.41, 5.74) is 3.16. The molecule has 0 saturated heterocycles. The second-order valence-corrected chi connectivity index (χ2v) is 5.50. The molecule has 0 spiro atoms. The fourth-order valence-corrected chi connectivity index (χ4v) is 2.71. The number of imidazole rings is 1. The standard InChI is InChI=1S/C15H15BrN3/c1-2-7-19-9-11(8-12(16)10-19)15-17-13-5-3-4-6-14(13)18-15/h3-6,8-10H,2,7H2,1H3,(H,17,18)/q+1. The van der Waals surface area contributed by atoms with Gasteiger partial charge in [0.2, 0.25) is 0 Å². The molecule has 0 amide bonds. The molecule has 0 aliphatic rings. The van der Waals surface area contributed by atoms with Crippen molar-refractivity contribution in [3.05, 3.63) is 47.2 Å². The first-order valence-electron chi connectivity index (χ1n) is 6.41. The third-order valence-electron chi connectivity index (χ3n) is 3.03. The lowest BCUT2D eigenvalue weighted by Gasteiger charge is -1.99. The van der Waals surface area contributed by atoms with Crippen LogP contribution >= 0.6 is 15.9 Å². The Morgan fingerprint density at radius 3 is 2.89 bits per heavy atom. The van der Waals surface area contributed by atoms with Crippen molar-refractivity contribution >= 4 is 27.0 Å². The Hall–Kier alpha value is -1.68. The largest absolute Gasteiger partial charge is 0.338 e. The Morgan fingerprint density at radius 2 is 2.11 bits per heavy atom. The summed E-state index contributed by atoms with van der Waals surface area (Å²) in [5, 5.41) is 0. The van der Waals surface area contributed by atoms with Gasteiger partial charge in [-0.3, -0.25) is 0 Å². The summed E-state index contributed by atoms with van der Waals surface area (Å²) < 4.78 is 3.26. The van der Waals surface area contributed by atoms with Gasteiger partial charge in [0.05, 0.1) is 21.1 Å². The summed E-state index contributed by atoms with van der Waals surface area (Å²) in [5.74, 6) is 0.910. The number of rotatable bonds is 3. The van der Waals surface area contributed by atoms with Gasteiger partial charge in [-0.2, -0.15) is 0 Å². The van der Waals surface area contributed by atoms with E-state index < -0.39 is 0 Å². The Bertz CT molecular complexity index is 685. The fourth-order valence-electron chi connectivity index (χ4n) is 2.20. The smallest absolute Gasteiger partial charge is 0.183 e. The van der Waals surface area contributed by atoms with Crippen molar-refractivity contribution in [1.82, 2.24) is 9.97 Å². The Morgan fingerprint density at radius 1 is 1.26 bits per heavy atom. The van der Waals surface area contributed by atoms with Gasteiger partial charge in [0.15, 0.2) is 12.4 Å². The second kappa shape index (κ2) is 5.13. The van der Waals surface area contributed by atoms with Gasteiger partial charge in [-0.05, 0) is 34.1 Å². The summed E-state index contributed by atoms with van der Waals surface area (Å²) >= 11 is 3.56. The van der Waals surface area contributed by atoms with Crippen LogP contribution in [0.25, 0.3) is 22.4 Å². The summed E-state index contributed by atoms with van der Waals surface area (Å²) in [6.45, 7) is 3.18. The summed E-state index contributed by atoms with van der Waals surface area (Å²) in [7, 11) is 0. The quantitative estimate of drug-likeness (QED) is 0.734. The molecule has 3 aromatic rings. The van der Waals surface area contributed by atoms with E-state index in [-0.39, 0.29) is 0 Å². The number of benzene rings is 1. The minimum absolute atomic E-state index is 0.910. The number of aromatic amines is 1. The lowest BCUT2D eigenvalue weighted by atomic mass is 10.2. The Balaban J connectivity index is 2.09. The maximum atomic E-state index is 4.64. The number of fused-ring (bicyclic) bond motifs is 1. The van der Waals surface area contributed by atoms with Crippen molar-refractivity contribution < 1.29 is 4.57 Å². The highest BCUT2D eigenvalue weighted by Crippen LogP contribution is 2.21. The van der Waals surface area contributed by atoms with Crippen LogP contribution in [0.3, 0.4) is 0 Å². The summed E-state index contributed by atoms with van der Waals surface area (Å²) in [4.78, 5) is 8.00. The number of hydrogen-bond donors (Lipinski definition) is 1. The maximum Gasteiger partial charge on any atom is 0.183 e. The number of hydrogen-bond acceptors (Lipinski definition) is 1. The zero-order valence-corrected chi connectivity index (χ0v) is 12.3. The number of aryl methyl sites for hydroxylation is 1. The first-order chi connectivity index (χ1) is 9.26. The number of nitrogens with zero attached hydrogens (tertiary/aromatic N) is 2. The molecule has 0 fully saturated rings. The first-order valence-corrected chi connectivity index (χ1v) is 7.20. The number of nitrogens with one attached hydrogen (secondary N) is 1. The fraction of sp³-hybridized carbons (Fsp3) is 0.200. The van der Waals surface area contributed by atoms with Crippen molar-refractivity contribution in [2.24, 2.45) is 0 Å². The molecule has 1 aromatic carbocycles. The van der Waals surface area contributed by atoms with Crippen molar-refractivity contribution in [1.29, 1.82) is 0 Å². The molecule has 0 atom stereocenters. The van der Waals surface area contributed by atoms with Gasteiger partial charge < -0.3 is 4.98 Å². The summed E-state index contributed by atoms with van der Waals surface area (Å²) in [6, 6.07) is 10.2. The highest BCUT2D eigenvalue weighted by atomic mass is 79.9. The minimum Gasteiger partial charge on any atom is -0.338 e. The van der Waals surface area contributed by atoms with E-state index in [1.165, 1.54) is 0 Å². The van der Waals surface area contributed by atoms with Gasteiger partial charge in [-0.1, -0.05) is 19.1 Å². The van der Waals surface area contributed by atoms with Crippen molar-refractivity contribution in [2.75, 3.05) is 0 Å². The molecule has 19 heavy (non-hydrogen) atoms. The van der Waals surface area contributed by atoms with Crippen LogP contribution in [0.1, 0.15) is 13.3 Å². The average molecular weight is 317 g/mol. The topological polar surface area (TPSA) is 32.6 Å². The zero-order valence-electron chi connectivity index (χ0n) is 10.7. The second-order valence-electron chi connectivity index (χ2n) is 4.58. The monoisotopic (exact) mass is 316 g/mol. The highest BCUT2D eigenvalue weighted by Gasteiger charge is 2.11. The average Bonchev–Trinajstić information content (AvgIpc) is 2.82. The van der Waals surface area contributed by atoms with Crippen molar-refractivity contribution in [2.45, 2.75) is 19.9 Å². The van der Waals surface area contributed by atoms with Gasteiger partial charge >= 0.3 is 0 Å².